The first-order chi connectivity index (χ1) is 8.15. The highest BCUT2D eigenvalue weighted by molar-refractivity contribution is 5.98. The van der Waals surface area contributed by atoms with Crippen molar-refractivity contribution < 1.29 is 5.11 Å². The van der Waals surface area contributed by atoms with Gasteiger partial charge < -0.3 is 15.7 Å². The average molecular weight is 231 g/mol. The first kappa shape index (κ1) is 11.7. The third kappa shape index (κ3) is 2.03. The lowest BCUT2D eigenvalue weighted by Gasteiger charge is -2.27. The molecule has 1 aromatic carbocycles. The summed E-state index contributed by atoms with van der Waals surface area (Å²) in [4.78, 5) is 6.05. The normalized spacial score (nSPS) is 12.6. The molecule has 1 atom stereocenters. The number of nitrogens with two attached hydrogens (primary N) is 1. The van der Waals surface area contributed by atoms with Gasteiger partial charge in [0.15, 0.2) is 0 Å². The highest BCUT2D eigenvalue weighted by Gasteiger charge is 2.13. The van der Waals surface area contributed by atoms with Gasteiger partial charge in [0.1, 0.15) is 0 Å². The lowest BCUT2D eigenvalue weighted by molar-refractivity contribution is 0.270. The van der Waals surface area contributed by atoms with E-state index in [1.807, 2.05) is 37.1 Å². The molecular weight excluding hydrogens is 214 g/mol. The lowest BCUT2D eigenvalue weighted by Crippen LogP contribution is -2.32. The first-order valence-corrected chi connectivity index (χ1v) is 5.61. The number of hydrogen-bond acceptors (Lipinski definition) is 4. The van der Waals surface area contributed by atoms with Crippen LogP contribution < -0.4 is 10.6 Å². The molecule has 0 fully saturated rings. The van der Waals surface area contributed by atoms with E-state index in [0.29, 0.717) is 0 Å². The standard InChI is InChI=1S/C13H17N3O/c1-9(8-17)16(2)12-4-3-10-7-15-6-5-11(10)13(12)14/h3-7,9,17H,8,14H2,1-2H3. The minimum absolute atomic E-state index is 0.0385. The van der Waals surface area contributed by atoms with E-state index >= 15 is 0 Å². The Hall–Kier alpha value is -1.81. The van der Waals surface area contributed by atoms with E-state index in [1.165, 1.54) is 0 Å². The van der Waals surface area contributed by atoms with Crippen LogP contribution in [0.2, 0.25) is 0 Å². The van der Waals surface area contributed by atoms with Crippen molar-refractivity contribution in [3.63, 3.8) is 0 Å². The molecule has 1 unspecified atom stereocenters. The first-order valence-electron chi connectivity index (χ1n) is 5.61. The van der Waals surface area contributed by atoms with Gasteiger partial charge in [0, 0.05) is 36.3 Å². The molecule has 0 aliphatic rings. The number of nitrogen functional groups attached to an aromatic ring is 1. The Balaban J connectivity index is 2.52. The predicted octanol–water partition coefficient (Wildman–Crippen LogP) is 1.63. The molecule has 2 rings (SSSR count). The van der Waals surface area contributed by atoms with Gasteiger partial charge in [-0.25, -0.2) is 0 Å². The zero-order valence-electron chi connectivity index (χ0n) is 10.1. The summed E-state index contributed by atoms with van der Waals surface area (Å²) < 4.78 is 0. The molecule has 0 aliphatic carbocycles. The molecule has 0 radical (unpaired) electrons. The van der Waals surface area contributed by atoms with E-state index in [9.17, 15) is 5.11 Å². The Kier molecular flexibility index (Phi) is 3.15. The molecule has 4 heteroatoms. The third-order valence-electron chi connectivity index (χ3n) is 3.14. The Bertz CT molecular complexity index is 527. The number of aliphatic hydroxyl groups excluding tert-OH is 1. The number of benzene rings is 1. The molecule has 1 aromatic heterocycles. The molecule has 0 saturated heterocycles. The fourth-order valence-electron chi connectivity index (χ4n) is 1.85. The molecule has 2 aromatic rings. The fraction of sp³-hybridized carbons (Fsp3) is 0.308. The minimum Gasteiger partial charge on any atom is -0.397 e. The number of pyridine rings is 1. The van der Waals surface area contributed by atoms with Crippen molar-refractivity contribution in [3.05, 3.63) is 30.6 Å². The van der Waals surface area contributed by atoms with Crippen molar-refractivity contribution in [1.82, 2.24) is 4.98 Å². The van der Waals surface area contributed by atoms with Crippen LogP contribution in [0, 0.1) is 0 Å². The Morgan fingerprint density at radius 2 is 2.18 bits per heavy atom. The fourth-order valence-corrected chi connectivity index (χ4v) is 1.85. The molecule has 17 heavy (non-hydrogen) atoms. The Morgan fingerprint density at radius 1 is 1.41 bits per heavy atom. The van der Waals surface area contributed by atoms with Gasteiger partial charge in [-0.3, -0.25) is 4.98 Å². The number of hydrogen-bond donors (Lipinski definition) is 2. The zero-order valence-corrected chi connectivity index (χ0v) is 10.1. The molecule has 1 heterocycles. The van der Waals surface area contributed by atoms with Gasteiger partial charge in [-0.2, -0.15) is 0 Å². The van der Waals surface area contributed by atoms with Gasteiger partial charge in [0.2, 0.25) is 0 Å². The van der Waals surface area contributed by atoms with Crippen LogP contribution in [-0.4, -0.2) is 29.8 Å². The second-order valence-corrected chi connectivity index (χ2v) is 4.24. The lowest BCUT2D eigenvalue weighted by atomic mass is 10.1. The summed E-state index contributed by atoms with van der Waals surface area (Å²) in [6.45, 7) is 2.06. The van der Waals surface area contributed by atoms with Crippen LogP contribution in [-0.2, 0) is 0 Å². The predicted molar refractivity (Wildman–Crippen MR) is 71.1 cm³/mol. The Morgan fingerprint density at radius 3 is 2.88 bits per heavy atom. The van der Waals surface area contributed by atoms with Crippen LogP contribution in [0.15, 0.2) is 30.6 Å². The van der Waals surface area contributed by atoms with E-state index in [-0.39, 0.29) is 12.6 Å². The quantitative estimate of drug-likeness (QED) is 0.788. The van der Waals surface area contributed by atoms with E-state index in [2.05, 4.69) is 4.98 Å². The summed E-state index contributed by atoms with van der Waals surface area (Å²) in [7, 11) is 1.93. The molecule has 0 bridgehead atoms. The van der Waals surface area contributed by atoms with Gasteiger partial charge >= 0.3 is 0 Å². The smallest absolute Gasteiger partial charge is 0.0632 e. The van der Waals surface area contributed by atoms with E-state index in [1.54, 1.807) is 12.4 Å². The topological polar surface area (TPSA) is 62.4 Å². The van der Waals surface area contributed by atoms with Crippen LogP contribution in [0.4, 0.5) is 11.4 Å². The highest BCUT2D eigenvalue weighted by Crippen LogP contribution is 2.31. The maximum Gasteiger partial charge on any atom is 0.0632 e. The SMILES string of the molecule is CC(CO)N(C)c1ccc2cnccc2c1N. The van der Waals surface area contributed by atoms with Crippen molar-refractivity contribution in [2.45, 2.75) is 13.0 Å². The average Bonchev–Trinajstić information content (AvgIpc) is 2.38. The summed E-state index contributed by atoms with van der Waals surface area (Å²) in [5.74, 6) is 0. The van der Waals surface area contributed by atoms with Gasteiger partial charge in [-0.05, 0) is 19.1 Å². The Labute approximate surface area is 101 Å². The maximum atomic E-state index is 9.18. The molecule has 3 N–H and O–H groups in total. The number of nitrogens with zero attached hydrogens (tertiary/aromatic N) is 2. The van der Waals surface area contributed by atoms with Crippen LogP contribution in [0.5, 0.6) is 0 Å². The summed E-state index contributed by atoms with van der Waals surface area (Å²) in [6, 6.07) is 5.91. The molecular formula is C13H17N3O. The molecule has 90 valence electrons. The van der Waals surface area contributed by atoms with Gasteiger partial charge in [-0.1, -0.05) is 6.07 Å². The molecule has 0 aliphatic heterocycles. The van der Waals surface area contributed by atoms with Crippen LogP contribution in [0.25, 0.3) is 10.8 Å². The van der Waals surface area contributed by atoms with Gasteiger partial charge in [0.05, 0.1) is 18.0 Å². The molecule has 4 nitrogen and oxygen atoms in total. The van der Waals surface area contributed by atoms with Crippen LogP contribution >= 0.6 is 0 Å². The van der Waals surface area contributed by atoms with Gasteiger partial charge in [0.25, 0.3) is 0 Å². The van der Waals surface area contributed by atoms with Crippen molar-refractivity contribution in [1.29, 1.82) is 0 Å². The van der Waals surface area contributed by atoms with Crippen molar-refractivity contribution in [3.8, 4) is 0 Å². The minimum atomic E-state index is 0.0385. The van der Waals surface area contributed by atoms with Crippen molar-refractivity contribution in [2.75, 3.05) is 24.3 Å². The van der Waals surface area contributed by atoms with E-state index in [0.717, 1.165) is 22.1 Å². The van der Waals surface area contributed by atoms with Crippen molar-refractivity contribution >= 4 is 22.1 Å². The van der Waals surface area contributed by atoms with E-state index in [4.69, 9.17) is 5.73 Å². The van der Waals surface area contributed by atoms with Crippen LogP contribution in [0.3, 0.4) is 0 Å². The molecule has 0 amide bonds. The summed E-state index contributed by atoms with van der Waals surface area (Å²) >= 11 is 0. The zero-order chi connectivity index (χ0) is 12.4. The largest absolute Gasteiger partial charge is 0.397 e. The van der Waals surface area contributed by atoms with Gasteiger partial charge in [-0.15, -0.1) is 0 Å². The second kappa shape index (κ2) is 4.59. The number of aromatic nitrogens is 1. The number of rotatable bonds is 3. The number of aliphatic hydroxyl groups is 1. The third-order valence-corrected chi connectivity index (χ3v) is 3.14. The number of fused-ring (bicyclic) bond motifs is 1. The maximum absolute atomic E-state index is 9.18. The van der Waals surface area contributed by atoms with Crippen LogP contribution in [0.1, 0.15) is 6.92 Å². The van der Waals surface area contributed by atoms with Crippen molar-refractivity contribution in [2.24, 2.45) is 0 Å². The second-order valence-electron chi connectivity index (χ2n) is 4.24. The molecule has 0 spiro atoms. The summed E-state index contributed by atoms with van der Waals surface area (Å²) in [5.41, 5.74) is 7.83. The summed E-state index contributed by atoms with van der Waals surface area (Å²) in [5, 5.41) is 11.2. The number of anilines is 2. The monoisotopic (exact) mass is 231 g/mol. The highest BCUT2D eigenvalue weighted by atomic mass is 16.3. The molecule has 0 saturated carbocycles. The number of likely N-dealkylation sites (N-methyl/N-ethyl adjacent to an activating group) is 1. The summed E-state index contributed by atoms with van der Waals surface area (Å²) in [6.07, 6.45) is 3.53. The van der Waals surface area contributed by atoms with E-state index < -0.39 is 0 Å².